The van der Waals surface area contributed by atoms with Crippen molar-refractivity contribution in [1.82, 2.24) is 19.7 Å². The number of amides is 1. The number of phenols is 1. The molecule has 0 atom stereocenters. The minimum atomic E-state index is -0.348. The molecular formula is C18H14FN5O2S. The van der Waals surface area contributed by atoms with Gasteiger partial charge in [-0.05, 0) is 30.3 Å². The molecule has 2 N–H and O–H groups in total. The molecule has 0 bridgehead atoms. The Labute approximate surface area is 157 Å². The highest BCUT2D eigenvalue weighted by Gasteiger charge is 2.14. The molecule has 4 aromatic rings. The fourth-order valence-electron chi connectivity index (χ4n) is 2.79. The van der Waals surface area contributed by atoms with Gasteiger partial charge in [-0.15, -0.1) is 10.2 Å². The molecule has 0 aliphatic heterocycles. The highest BCUT2D eigenvalue weighted by atomic mass is 32.2. The van der Waals surface area contributed by atoms with Crippen molar-refractivity contribution in [2.45, 2.75) is 5.16 Å². The van der Waals surface area contributed by atoms with Gasteiger partial charge in [0, 0.05) is 24.2 Å². The number of aromatic nitrogens is 4. The van der Waals surface area contributed by atoms with Gasteiger partial charge in [-0.3, -0.25) is 4.79 Å². The van der Waals surface area contributed by atoms with Gasteiger partial charge in [0.1, 0.15) is 17.1 Å². The predicted molar refractivity (Wildman–Crippen MR) is 101 cm³/mol. The quantitative estimate of drug-likeness (QED) is 0.526. The average Bonchev–Trinajstić information content (AvgIpc) is 2.91. The topological polar surface area (TPSA) is 92.9 Å². The number of fused-ring (bicyclic) bond motifs is 3. The summed E-state index contributed by atoms with van der Waals surface area (Å²) in [5, 5.41) is 21.3. The fraction of sp³-hybridized carbons (Fsp3) is 0.111. The van der Waals surface area contributed by atoms with Crippen LogP contribution in [0.2, 0.25) is 0 Å². The summed E-state index contributed by atoms with van der Waals surface area (Å²) in [5.41, 5.74) is 2.39. The molecule has 136 valence electrons. The van der Waals surface area contributed by atoms with Crippen molar-refractivity contribution in [3.05, 3.63) is 48.3 Å². The van der Waals surface area contributed by atoms with Crippen LogP contribution >= 0.6 is 11.8 Å². The lowest BCUT2D eigenvalue weighted by molar-refractivity contribution is -0.113. The van der Waals surface area contributed by atoms with E-state index in [2.05, 4.69) is 20.5 Å². The average molecular weight is 383 g/mol. The second kappa shape index (κ2) is 6.84. The van der Waals surface area contributed by atoms with E-state index < -0.39 is 0 Å². The summed E-state index contributed by atoms with van der Waals surface area (Å²) in [7, 11) is 1.82. The summed E-state index contributed by atoms with van der Waals surface area (Å²) in [4.78, 5) is 16.5. The lowest BCUT2D eigenvalue weighted by Gasteiger charge is -2.05. The number of carbonyl (C=O) groups is 1. The maximum Gasteiger partial charge on any atom is 0.234 e. The van der Waals surface area contributed by atoms with E-state index in [0.717, 1.165) is 17.3 Å². The van der Waals surface area contributed by atoms with Gasteiger partial charge in [-0.25, -0.2) is 9.37 Å². The molecule has 0 spiro atoms. The van der Waals surface area contributed by atoms with Crippen LogP contribution < -0.4 is 5.32 Å². The van der Waals surface area contributed by atoms with Crippen molar-refractivity contribution >= 4 is 45.4 Å². The highest BCUT2D eigenvalue weighted by molar-refractivity contribution is 7.99. The summed E-state index contributed by atoms with van der Waals surface area (Å²) in [6, 6.07) is 10.8. The Balaban J connectivity index is 1.53. The van der Waals surface area contributed by atoms with E-state index in [-0.39, 0.29) is 23.2 Å². The fourth-order valence-corrected chi connectivity index (χ4v) is 3.37. The number of benzene rings is 2. The number of rotatable bonds is 4. The molecule has 27 heavy (non-hydrogen) atoms. The van der Waals surface area contributed by atoms with E-state index >= 15 is 0 Å². The second-order valence-corrected chi connectivity index (χ2v) is 6.82. The summed E-state index contributed by atoms with van der Waals surface area (Å²) in [6.45, 7) is 0. The van der Waals surface area contributed by atoms with E-state index in [0.29, 0.717) is 27.4 Å². The maximum absolute atomic E-state index is 13.5. The summed E-state index contributed by atoms with van der Waals surface area (Å²) in [5.74, 6) is -0.445. The molecule has 1 amide bonds. The van der Waals surface area contributed by atoms with Crippen LogP contribution in [0.3, 0.4) is 0 Å². The molecule has 9 heteroatoms. The zero-order chi connectivity index (χ0) is 19.0. The minimum Gasteiger partial charge on any atom is -0.508 e. The first-order valence-corrected chi connectivity index (χ1v) is 9.00. The van der Waals surface area contributed by atoms with Gasteiger partial charge in [0.25, 0.3) is 0 Å². The first kappa shape index (κ1) is 17.2. The SMILES string of the molecule is Cn1c2ccc(F)cc2c2nnc(SCC(=O)Nc3cccc(O)c3)nc21. The Hall–Kier alpha value is -3.20. The zero-order valence-electron chi connectivity index (χ0n) is 14.2. The van der Waals surface area contributed by atoms with Crippen LogP contribution in [0.5, 0.6) is 5.75 Å². The van der Waals surface area contributed by atoms with Crippen LogP contribution in [0.25, 0.3) is 22.1 Å². The first-order valence-electron chi connectivity index (χ1n) is 8.01. The Morgan fingerprint density at radius 1 is 1.26 bits per heavy atom. The molecule has 2 aromatic carbocycles. The van der Waals surface area contributed by atoms with Crippen LogP contribution in [-0.2, 0) is 11.8 Å². The third kappa shape index (κ3) is 3.41. The number of nitrogens with zero attached hydrogens (tertiary/aromatic N) is 4. The number of phenolic OH excluding ortho intramolecular Hbond substituents is 1. The van der Waals surface area contributed by atoms with Crippen molar-refractivity contribution in [3.8, 4) is 5.75 Å². The summed E-state index contributed by atoms with van der Waals surface area (Å²) < 4.78 is 15.3. The molecule has 0 radical (unpaired) electrons. The molecule has 2 aromatic heterocycles. The Kier molecular flexibility index (Phi) is 4.36. The van der Waals surface area contributed by atoms with Crippen molar-refractivity contribution in [2.75, 3.05) is 11.1 Å². The minimum absolute atomic E-state index is 0.0747. The Morgan fingerprint density at radius 2 is 2.11 bits per heavy atom. The van der Waals surface area contributed by atoms with Gasteiger partial charge >= 0.3 is 0 Å². The van der Waals surface area contributed by atoms with E-state index in [9.17, 15) is 14.3 Å². The van der Waals surface area contributed by atoms with Crippen LogP contribution in [0.15, 0.2) is 47.6 Å². The van der Waals surface area contributed by atoms with Gasteiger partial charge in [-0.2, -0.15) is 0 Å². The monoisotopic (exact) mass is 383 g/mol. The van der Waals surface area contributed by atoms with Crippen LogP contribution in [0, 0.1) is 5.82 Å². The molecule has 0 saturated carbocycles. The molecular weight excluding hydrogens is 369 g/mol. The summed E-state index contributed by atoms with van der Waals surface area (Å²) >= 11 is 1.14. The lowest BCUT2D eigenvalue weighted by Crippen LogP contribution is -2.14. The van der Waals surface area contributed by atoms with Crippen molar-refractivity contribution in [2.24, 2.45) is 7.05 Å². The zero-order valence-corrected chi connectivity index (χ0v) is 15.0. The third-order valence-corrected chi connectivity index (χ3v) is 4.84. The highest BCUT2D eigenvalue weighted by Crippen LogP contribution is 2.27. The molecule has 0 aliphatic rings. The Bertz CT molecular complexity index is 1180. The summed E-state index contributed by atoms with van der Waals surface area (Å²) in [6.07, 6.45) is 0. The van der Waals surface area contributed by atoms with Gasteiger partial charge in [-0.1, -0.05) is 17.8 Å². The van der Waals surface area contributed by atoms with Gasteiger partial charge in [0.05, 0.1) is 11.3 Å². The number of aryl methyl sites for hydroxylation is 1. The van der Waals surface area contributed by atoms with Gasteiger partial charge in [0.15, 0.2) is 5.65 Å². The number of halogens is 1. The normalized spacial score (nSPS) is 11.2. The molecule has 4 rings (SSSR count). The van der Waals surface area contributed by atoms with Crippen molar-refractivity contribution in [3.63, 3.8) is 0 Å². The van der Waals surface area contributed by atoms with Crippen molar-refractivity contribution in [1.29, 1.82) is 0 Å². The molecule has 0 fully saturated rings. The van der Waals surface area contributed by atoms with Crippen LogP contribution in [0.4, 0.5) is 10.1 Å². The molecule has 2 heterocycles. The number of nitrogens with one attached hydrogen (secondary N) is 1. The largest absolute Gasteiger partial charge is 0.508 e. The van der Waals surface area contributed by atoms with E-state index in [1.807, 2.05) is 11.6 Å². The molecule has 0 unspecified atom stereocenters. The van der Waals surface area contributed by atoms with Gasteiger partial charge in [0.2, 0.25) is 11.1 Å². The predicted octanol–water partition coefficient (Wildman–Crippen LogP) is 3.09. The van der Waals surface area contributed by atoms with Crippen LogP contribution in [0.1, 0.15) is 0 Å². The maximum atomic E-state index is 13.5. The van der Waals surface area contributed by atoms with Crippen molar-refractivity contribution < 1.29 is 14.3 Å². The number of hydrogen-bond donors (Lipinski definition) is 2. The standard InChI is InChI=1S/C18H14FN5O2S/c1-24-14-6-5-10(19)7-13(14)16-17(24)21-18(23-22-16)27-9-15(26)20-11-3-2-4-12(25)8-11/h2-8,25H,9H2,1H3,(H,20,26). The number of carbonyl (C=O) groups excluding carboxylic acids is 1. The number of thioether (sulfide) groups is 1. The number of anilines is 1. The molecule has 0 aliphatic carbocycles. The molecule has 0 saturated heterocycles. The van der Waals surface area contributed by atoms with E-state index in [1.165, 1.54) is 24.3 Å². The lowest BCUT2D eigenvalue weighted by atomic mass is 10.2. The van der Waals surface area contributed by atoms with E-state index in [1.54, 1.807) is 18.2 Å². The van der Waals surface area contributed by atoms with Gasteiger partial charge < -0.3 is 15.0 Å². The third-order valence-electron chi connectivity index (χ3n) is 4.00. The smallest absolute Gasteiger partial charge is 0.234 e. The van der Waals surface area contributed by atoms with E-state index in [4.69, 9.17) is 0 Å². The first-order chi connectivity index (χ1) is 13.0. The number of aromatic hydroxyl groups is 1. The second-order valence-electron chi connectivity index (χ2n) is 5.87. The van der Waals surface area contributed by atoms with Crippen LogP contribution in [-0.4, -0.2) is 36.5 Å². The Morgan fingerprint density at radius 3 is 2.93 bits per heavy atom. The molecule has 7 nitrogen and oxygen atoms in total. The number of hydrogen-bond acceptors (Lipinski definition) is 6.